The van der Waals surface area contributed by atoms with Gasteiger partial charge in [0.25, 0.3) is 0 Å². The van der Waals surface area contributed by atoms with E-state index in [1.807, 2.05) is 0 Å². The Hall–Kier alpha value is -0.230. The molecule has 1 aromatic rings. The van der Waals surface area contributed by atoms with Crippen LogP contribution in [0.4, 0.5) is 8.78 Å². The third-order valence-electron chi connectivity index (χ3n) is 1.69. The molecule has 1 unspecified atom stereocenters. The van der Waals surface area contributed by atoms with Gasteiger partial charge in [-0.05, 0) is 19.1 Å². The maximum absolute atomic E-state index is 13.3. The molecule has 0 heterocycles. The Kier molecular flexibility index (Phi) is 3.83. The van der Waals surface area contributed by atoms with Gasteiger partial charge in [-0.25, -0.2) is 8.78 Å². The van der Waals surface area contributed by atoms with Crippen LogP contribution >= 0.6 is 34.2 Å². The van der Waals surface area contributed by atoms with Crippen molar-refractivity contribution in [3.63, 3.8) is 0 Å². The number of carbonyl (C=O) groups is 1. The molecule has 0 amide bonds. The number of rotatable bonds is 2. The first-order chi connectivity index (χ1) is 6.45. The standard InChI is InChI=1S/C9H6ClF2IO/c1-4(14)9(13)7-6(11)3-2-5(10)8(7)12/h2-3,9H,1H3. The van der Waals surface area contributed by atoms with E-state index in [0.717, 1.165) is 12.1 Å². The van der Waals surface area contributed by atoms with Crippen LogP contribution in [0.5, 0.6) is 0 Å². The monoisotopic (exact) mass is 330 g/mol. The van der Waals surface area contributed by atoms with E-state index >= 15 is 0 Å². The minimum Gasteiger partial charge on any atom is -0.298 e. The first kappa shape index (κ1) is 11.8. The summed E-state index contributed by atoms with van der Waals surface area (Å²) in [7, 11) is 0. The van der Waals surface area contributed by atoms with E-state index in [1.54, 1.807) is 22.6 Å². The van der Waals surface area contributed by atoms with E-state index < -0.39 is 15.6 Å². The zero-order valence-corrected chi connectivity index (χ0v) is 10.1. The predicted molar refractivity (Wildman–Crippen MR) is 58.8 cm³/mol. The van der Waals surface area contributed by atoms with Gasteiger partial charge in [0, 0.05) is 5.56 Å². The highest BCUT2D eigenvalue weighted by Crippen LogP contribution is 2.32. The van der Waals surface area contributed by atoms with Crippen LogP contribution in [-0.4, -0.2) is 5.78 Å². The number of benzene rings is 1. The molecule has 5 heteroatoms. The van der Waals surface area contributed by atoms with Gasteiger partial charge in [0.05, 0.1) is 8.95 Å². The molecule has 1 aromatic carbocycles. The lowest BCUT2D eigenvalue weighted by atomic mass is 10.1. The third kappa shape index (κ3) is 2.23. The normalized spacial score (nSPS) is 12.6. The molecule has 0 aliphatic rings. The molecule has 0 aromatic heterocycles. The Balaban J connectivity index is 3.32. The predicted octanol–water partition coefficient (Wildman–Crippen LogP) is 3.68. The second-order valence-electron chi connectivity index (χ2n) is 2.73. The van der Waals surface area contributed by atoms with Crippen molar-refractivity contribution >= 4 is 40.0 Å². The zero-order valence-electron chi connectivity index (χ0n) is 7.15. The van der Waals surface area contributed by atoms with Gasteiger partial charge in [-0.15, -0.1) is 0 Å². The van der Waals surface area contributed by atoms with E-state index in [0.29, 0.717) is 0 Å². The van der Waals surface area contributed by atoms with Crippen molar-refractivity contribution in [2.75, 3.05) is 0 Å². The summed E-state index contributed by atoms with van der Waals surface area (Å²) in [5.41, 5.74) is -0.273. The molecule has 1 atom stereocenters. The van der Waals surface area contributed by atoms with Crippen molar-refractivity contribution in [1.29, 1.82) is 0 Å². The number of alkyl halides is 1. The molecule has 0 saturated carbocycles. The van der Waals surface area contributed by atoms with Gasteiger partial charge < -0.3 is 0 Å². The van der Waals surface area contributed by atoms with Crippen LogP contribution in [0.1, 0.15) is 16.4 Å². The molecule has 0 saturated heterocycles. The molecule has 76 valence electrons. The Morgan fingerprint density at radius 3 is 2.57 bits per heavy atom. The zero-order chi connectivity index (χ0) is 10.9. The van der Waals surface area contributed by atoms with Crippen LogP contribution in [0.15, 0.2) is 12.1 Å². The second kappa shape index (κ2) is 4.53. The fourth-order valence-electron chi connectivity index (χ4n) is 0.978. The summed E-state index contributed by atoms with van der Waals surface area (Å²) in [6, 6.07) is 2.18. The van der Waals surface area contributed by atoms with E-state index in [4.69, 9.17) is 11.6 Å². The smallest absolute Gasteiger partial charge is 0.149 e. The Morgan fingerprint density at radius 2 is 2.07 bits per heavy atom. The lowest BCUT2D eigenvalue weighted by Crippen LogP contribution is -2.06. The van der Waals surface area contributed by atoms with Crippen molar-refractivity contribution in [2.24, 2.45) is 0 Å². The average molecular weight is 330 g/mol. The third-order valence-corrected chi connectivity index (χ3v) is 3.48. The van der Waals surface area contributed by atoms with Crippen LogP contribution < -0.4 is 0 Å². The van der Waals surface area contributed by atoms with Crippen molar-refractivity contribution in [3.8, 4) is 0 Å². The first-order valence-corrected chi connectivity index (χ1v) is 5.35. The molecule has 1 rings (SSSR count). The highest BCUT2D eigenvalue weighted by atomic mass is 127. The van der Waals surface area contributed by atoms with Crippen molar-refractivity contribution < 1.29 is 13.6 Å². The fraction of sp³-hybridized carbons (Fsp3) is 0.222. The van der Waals surface area contributed by atoms with Crippen LogP contribution in [-0.2, 0) is 4.79 Å². The van der Waals surface area contributed by atoms with Crippen LogP contribution in [0.2, 0.25) is 5.02 Å². The molecular formula is C9H6ClF2IO. The SMILES string of the molecule is CC(=O)C(I)c1c(F)ccc(Cl)c1F. The molecule has 1 nitrogen and oxygen atoms in total. The quantitative estimate of drug-likeness (QED) is 0.459. The van der Waals surface area contributed by atoms with E-state index in [-0.39, 0.29) is 16.4 Å². The molecule has 0 fully saturated rings. The molecule has 0 bridgehead atoms. The van der Waals surface area contributed by atoms with Gasteiger partial charge in [-0.3, -0.25) is 4.79 Å². The number of hydrogen-bond donors (Lipinski definition) is 0. The molecular weight excluding hydrogens is 324 g/mol. The van der Waals surface area contributed by atoms with Gasteiger partial charge >= 0.3 is 0 Å². The highest BCUT2D eigenvalue weighted by Gasteiger charge is 2.22. The van der Waals surface area contributed by atoms with Crippen molar-refractivity contribution in [2.45, 2.75) is 10.8 Å². The molecule has 0 N–H and O–H groups in total. The van der Waals surface area contributed by atoms with Crippen molar-refractivity contribution in [3.05, 3.63) is 34.4 Å². The molecule has 0 aliphatic carbocycles. The van der Waals surface area contributed by atoms with Gasteiger partial charge in [-0.2, -0.15) is 0 Å². The average Bonchev–Trinajstić information content (AvgIpc) is 2.12. The minimum absolute atomic E-state index is 0.177. The van der Waals surface area contributed by atoms with Gasteiger partial charge in [0.2, 0.25) is 0 Å². The summed E-state index contributed by atoms with van der Waals surface area (Å²) in [4.78, 5) is 11.0. The lowest BCUT2D eigenvalue weighted by molar-refractivity contribution is -0.116. The summed E-state index contributed by atoms with van der Waals surface area (Å²) in [6.07, 6.45) is 0. The number of Topliss-reactive ketones (excluding diaryl/α,β-unsaturated/α-hetero) is 1. The summed E-state index contributed by atoms with van der Waals surface area (Å²) in [6.45, 7) is 1.27. The number of ketones is 1. The Bertz CT molecular complexity index is 381. The second-order valence-corrected chi connectivity index (χ2v) is 4.38. The first-order valence-electron chi connectivity index (χ1n) is 3.73. The van der Waals surface area contributed by atoms with Gasteiger partial charge in [-0.1, -0.05) is 34.2 Å². The van der Waals surface area contributed by atoms with Crippen LogP contribution in [0.25, 0.3) is 0 Å². The summed E-state index contributed by atoms with van der Waals surface area (Å²) in [5.74, 6) is -1.92. The Labute approximate surface area is 98.6 Å². The topological polar surface area (TPSA) is 17.1 Å². The molecule has 0 spiro atoms. The molecule has 14 heavy (non-hydrogen) atoms. The Morgan fingerprint density at radius 1 is 1.50 bits per heavy atom. The molecule has 0 radical (unpaired) electrons. The molecule has 0 aliphatic heterocycles. The van der Waals surface area contributed by atoms with E-state index in [2.05, 4.69) is 0 Å². The van der Waals surface area contributed by atoms with E-state index in [9.17, 15) is 13.6 Å². The fourth-order valence-corrected chi connectivity index (χ4v) is 1.71. The van der Waals surface area contributed by atoms with Gasteiger partial charge in [0.1, 0.15) is 17.4 Å². The largest absolute Gasteiger partial charge is 0.298 e. The van der Waals surface area contributed by atoms with Gasteiger partial charge in [0.15, 0.2) is 0 Å². The maximum atomic E-state index is 13.3. The lowest BCUT2D eigenvalue weighted by Gasteiger charge is -2.09. The van der Waals surface area contributed by atoms with Crippen LogP contribution in [0.3, 0.4) is 0 Å². The number of carbonyl (C=O) groups excluding carboxylic acids is 1. The summed E-state index contributed by atoms with van der Waals surface area (Å²) >= 11 is 7.16. The number of halogens is 4. The van der Waals surface area contributed by atoms with Crippen molar-refractivity contribution in [1.82, 2.24) is 0 Å². The summed E-state index contributed by atoms with van der Waals surface area (Å²) < 4.78 is 25.7. The summed E-state index contributed by atoms with van der Waals surface area (Å²) in [5, 5.41) is -0.177. The highest BCUT2D eigenvalue weighted by molar-refractivity contribution is 14.1. The maximum Gasteiger partial charge on any atom is 0.149 e. The minimum atomic E-state index is -0.860. The van der Waals surface area contributed by atoms with Crippen LogP contribution in [0, 0.1) is 11.6 Å². The van der Waals surface area contributed by atoms with E-state index in [1.165, 1.54) is 6.92 Å². The number of hydrogen-bond acceptors (Lipinski definition) is 1.